The van der Waals surface area contributed by atoms with Crippen LogP contribution in [0.2, 0.25) is 0 Å². The zero-order chi connectivity index (χ0) is 36.1. The van der Waals surface area contributed by atoms with Crippen molar-refractivity contribution in [3.8, 4) is 5.75 Å². The average molecular weight is 709 g/mol. The third-order valence-electron chi connectivity index (χ3n) is 10.5. The Labute approximate surface area is 292 Å². The highest BCUT2D eigenvalue weighted by atomic mass is 17.2. The predicted molar refractivity (Wildman–Crippen MR) is 183 cm³/mol. The molecule has 0 saturated heterocycles. The van der Waals surface area contributed by atoms with Gasteiger partial charge in [-0.1, -0.05) is 0 Å². The molecule has 5 aliphatic heterocycles. The number of aliphatic imine (C=N–C) groups is 2. The predicted octanol–water partition coefficient (Wildman–Crippen LogP) is -2.18. The minimum atomic E-state index is -2.34. The molecule has 2 aromatic rings. The molecular weight excluding hydrogens is 664 g/mol. The Morgan fingerprint density at radius 3 is 2.69 bits per heavy atom. The van der Waals surface area contributed by atoms with Gasteiger partial charge in [0, 0.05) is 54.8 Å². The molecule has 0 radical (unpaired) electrons. The number of allylic oxidation sites excluding steroid dienone is 2. The van der Waals surface area contributed by atoms with E-state index in [1.165, 1.54) is 6.07 Å². The van der Waals surface area contributed by atoms with E-state index in [2.05, 4.69) is 9.98 Å². The zero-order valence-corrected chi connectivity index (χ0v) is 28.4. The smallest absolute Gasteiger partial charge is 0.222 e. The first-order valence-electron chi connectivity index (χ1n) is 17.1. The number of nitrogens with one attached hydrogen (secondary N) is 2. The van der Waals surface area contributed by atoms with E-state index in [0.717, 1.165) is 27.6 Å². The summed E-state index contributed by atoms with van der Waals surface area (Å²) in [6, 6.07) is 3.16. The monoisotopic (exact) mass is 708 g/mol. The van der Waals surface area contributed by atoms with Gasteiger partial charge in [0.25, 0.3) is 0 Å². The first-order valence-corrected chi connectivity index (χ1v) is 17.1. The standard InChI is InChI=1S/C36H42N4O11/c1-20-12-27(43)23-13-22-14-30(35(2,7-3-11-41)50-32(22)31(33(23)49-20)40-15-21-4-8-38-25(21)16-40)51-48-18-29(45)36(47,34(46)28(44)17-42)19-39-10-6-24-26(39)5-9-37-24/h4-6,8-9,12-13,16,28-30,34,41-42,44-47H,3,7,10-11,14-15,17-19H2,1-2H3/p+2/t28-,29+,30-,34-,35-,36-/m1/s1. The Morgan fingerprint density at radius 2 is 1.92 bits per heavy atom. The maximum Gasteiger partial charge on any atom is 0.222 e. The summed E-state index contributed by atoms with van der Waals surface area (Å²) in [4.78, 5) is 35.1. The van der Waals surface area contributed by atoms with Crippen LogP contribution in [0.1, 0.15) is 31.1 Å². The second-order valence-corrected chi connectivity index (χ2v) is 14.0. The quantitative estimate of drug-likeness (QED) is 0.0781. The molecule has 5 aliphatic rings. The topological polar surface area (TPSA) is 213 Å². The van der Waals surface area contributed by atoms with E-state index < -0.39 is 48.8 Å². The fourth-order valence-corrected chi connectivity index (χ4v) is 7.57. The van der Waals surface area contributed by atoms with Gasteiger partial charge in [-0.25, -0.2) is 9.78 Å². The lowest BCUT2D eigenvalue weighted by atomic mass is 9.85. The molecule has 0 saturated carbocycles. The van der Waals surface area contributed by atoms with Gasteiger partial charge in [0.15, 0.2) is 22.5 Å². The molecule has 8 N–H and O–H groups in total. The summed E-state index contributed by atoms with van der Waals surface area (Å²) in [5, 5.41) is 64.0. The maximum atomic E-state index is 13.3. The number of hydrogen-bond donors (Lipinski definition) is 8. The van der Waals surface area contributed by atoms with Gasteiger partial charge in [-0.15, -0.1) is 0 Å². The number of ether oxygens (including phenoxy) is 1. The molecule has 0 aliphatic carbocycles. The van der Waals surface area contributed by atoms with Gasteiger partial charge in [-0.3, -0.25) is 24.6 Å². The summed E-state index contributed by atoms with van der Waals surface area (Å²) >= 11 is 0. The summed E-state index contributed by atoms with van der Waals surface area (Å²) in [7, 11) is 0. The van der Waals surface area contributed by atoms with Crippen molar-refractivity contribution in [2.24, 2.45) is 9.98 Å². The molecule has 1 aromatic heterocycles. The van der Waals surface area contributed by atoms with Crippen LogP contribution in [0.25, 0.3) is 11.0 Å². The lowest BCUT2D eigenvalue weighted by Gasteiger charge is -2.42. The Balaban J connectivity index is 1.16. The molecule has 15 nitrogen and oxygen atoms in total. The number of aliphatic hydroxyl groups excluding tert-OH is 5. The molecule has 8 atom stereocenters. The number of benzene rings is 1. The van der Waals surface area contributed by atoms with Crippen molar-refractivity contribution >= 4 is 29.1 Å². The van der Waals surface area contributed by atoms with E-state index in [1.54, 1.807) is 31.5 Å². The second kappa shape index (κ2) is 13.9. The number of aryl methyl sites for hydroxylation is 1. The first kappa shape index (κ1) is 35.5. The van der Waals surface area contributed by atoms with Crippen LogP contribution in [-0.4, -0.2) is 118 Å². The normalized spacial score (nSPS) is 27.6. The van der Waals surface area contributed by atoms with Crippen LogP contribution in [-0.2, 0) is 16.2 Å². The van der Waals surface area contributed by atoms with Crippen LogP contribution in [0, 0.1) is 6.92 Å². The molecule has 7 rings (SSSR count). The third kappa shape index (κ3) is 6.44. The molecular formula is C36H44N4O11+2. The molecule has 0 bridgehead atoms. The Morgan fingerprint density at radius 1 is 1.14 bits per heavy atom. The summed E-state index contributed by atoms with van der Waals surface area (Å²) in [5.41, 5.74) is 1.46. The fraction of sp³-hybridized carbons (Fsp3) is 0.472. The SMILES string of the molecule is Cc1cc(=O)c2cc3c(c([NH+]4C=C5N=CC=C5C4)c2o1)O[C@](C)(CCCO)[C@H](OOC[C@H](O)[C@](O)(C[NH+]1CC=C2N=CC=C21)[C@H](O)[C@H](O)CO)C3. The summed E-state index contributed by atoms with van der Waals surface area (Å²) in [6.07, 6.45) is 5.55. The molecule has 15 heteroatoms. The van der Waals surface area contributed by atoms with Crippen molar-refractivity contribution in [2.45, 2.75) is 68.7 Å². The van der Waals surface area contributed by atoms with E-state index in [1.807, 2.05) is 25.3 Å². The van der Waals surface area contributed by atoms with Gasteiger partial charge in [-0.2, -0.15) is 0 Å². The van der Waals surface area contributed by atoms with E-state index in [-0.39, 0.29) is 25.0 Å². The van der Waals surface area contributed by atoms with Gasteiger partial charge in [-0.05, 0) is 38.8 Å². The van der Waals surface area contributed by atoms with E-state index in [4.69, 9.17) is 18.9 Å². The summed E-state index contributed by atoms with van der Waals surface area (Å²) in [6.45, 7) is 2.71. The molecule has 1 aromatic carbocycles. The highest BCUT2D eigenvalue weighted by Crippen LogP contribution is 2.44. The van der Waals surface area contributed by atoms with Gasteiger partial charge < -0.3 is 39.8 Å². The molecule has 6 heterocycles. The number of hydrogen-bond acceptors (Lipinski definition) is 13. The van der Waals surface area contributed by atoms with Crippen LogP contribution in [0.4, 0.5) is 5.69 Å². The maximum absolute atomic E-state index is 13.3. The van der Waals surface area contributed by atoms with Gasteiger partial charge in [0.1, 0.15) is 79.6 Å². The Hall–Kier alpha value is -3.87. The van der Waals surface area contributed by atoms with Crippen molar-refractivity contribution in [1.82, 2.24) is 0 Å². The van der Waals surface area contributed by atoms with Gasteiger partial charge >= 0.3 is 0 Å². The van der Waals surface area contributed by atoms with Crippen molar-refractivity contribution < 1.29 is 59.4 Å². The summed E-state index contributed by atoms with van der Waals surface area (Å²) < 4.78 is 13.0. The van der Waals surface area contributed by atoms with Gasteiger partial charge in [0.05, 0.1) is 12.0 Å². The van der Waals surface area contributed by atoms with E-state index in [0.29, 0.717) is 64.6 Å². The van der Waals surface area contributed by atoms with Crippen molar-refractivity contribution in [3.63, 3.8) is 0 Å². The van der Waals surface area contributed by atoms with Crippen molar-refractivity contribution in [2.75, 3.05) is 39.5 Å². The van der Waals surface area contributed by atoms with Crippen LogP contribution in [0.3, 0.4) is 0 Å². The minimum Gasteiger partial charge on any atom is -0.478 e. The number of fused-ring (bicyclic) bond motifs is 4. The summed E-state index contributed by atoms with van der Waals surface area (Å²) in [5.74, 6) is 0.979. The van der Waals surface area contributed by atoms with E-state index >= 15 is 0 Å². The van der Waals surface area contributed by atoms with Crippen LogP contribution < -0.4 is 20.0 Å². The highest BCUT2D eigenvalue weighted by Gasteiger charge is 2.52. The number of aliphatic hydroxyl groups is 6. The van der Waals surface area contributed by atoms with Crippen molar-refractivity contribution in [1.29, 1.82) is 0 Å². The van der Waals surface area contributed by atoms with Gasteiger partial charge in [0.2, 0.25) is 11.3 Å². The fourth-order valence-electron chi connectivity index (χ4n) is 7.57. The zero-order valence-electron chi connectivity index (χ0n) is 28.4. The highest BCUT2D eigenvalue weighted by molar-refractivity contribution is 5.90. The molecule has 0 spiro atoms. The number of quaternary nitrogens is 2. The molecule has 0 fully saturated rings. The Bertz CT molecular complexity index is 1950. The largest absolute Gasteiger partial charge is 0.478 e. The average Bonchev–Trinajstić information content (AvgIpc) is 3.90. The second-order valence-electron chi connectivity index (χ2n) is 14.0. The molecule has 51 heavy (non-hydrogen) atoms. The van der Waals surface area contributed by atoms with Crippen LogP contribution in [0.5, 0.6) is 5.75 Å². The number of rotatable bonds is 14. The molecule has 2 unspecified atom stereocenters. The lowest BCUT2D eigenvalue weighted by Crippen LogP contribution is -3.11. The third-order valence-corrected chi connectivity index (χ3v) is 10.5. The molecule has 272 valence electrons. The minimum absolute atomic E-state index is 0.110. The van der Waals surface area contributed by atoms with E-state index in [9.17, 15) is 35.4 Å². The van der Waals surface area contributed by atoms with Crippen molar-refractivity contribution in [3.05, 3.63) is 80.8 Å². The first-order chi connectivity index (χ1) is 24.5. The van der Waals surface area contributed by atoms with Crippen LogP contribution in [0.15, 0.2) is 78.4 Å². The molecule has 0 amide bonds. The number of nitrogens with zero attached hydrogens (tertiary/aromatic N) is 2. The van der Waals surface area contributed by atoms with Crippen LogP contribution >= 0.6 is 0 Å². The Kier molecular flexibility index (Phi) is 9.70. The lowest BCUT2D eigenvalue weighted by molar-refractivity contribution is -0.856.